The number of methoxy groups -OCH3 is 1. The van der Waals surface area contributed by atoms with E-state index in [0.717, 1.165) is 22.1 Å². The molecule has 0 saturated heterocycles. The summed E-state index contributed by atoms with van der Waals surface area (Å²) in [7, 11) is 5.57. The third kappa shape index (κ3) is 2.70. The molecule has 0 fully saturated rings. The number of anilines is 2. The van der Waals surface area contributed by atoms with Crippen molar-refractivity contribution in [3.63, 3.8) is 0 Å². The molecular weight excluding hydrogens is 248 g/mol. The predicted molar refractivity (Wildman–Crippen MR) is 74.6 cm³/mol. The topological polar surface area (TPSA) is 50.3 Å². The number of nitrogens with zero attached hydrogens (tertiary/aromatic N) is 3. The summed E-state index contributed by atoms with van der Waals surface area (Å²) in [5, 5.41) is 8.23. The molecule has 0 aliphatic heterocycles. The van der Waals surface area contributed by atoms with Crippen molar-refractivity contribution in [1.29, 1.82) is 0 Å². The van der Waals surface area contributed by atoms with Crippen LogP contribution in [0.2, 0.25) is 0 Å². The van der Waals surface area contributed by atoms with Crippen molar-refractivity contribution in [3.05, 3.63) is 30.0 Å². The maximum Gasteiger partial charge on any atom is 0.134 e. The van der Waals surface area contributed by atoms with Gasteiger partial charge in [-0.25, -0.2) is 0 Å². The summed E-state index contributed by atoms with van der Waals surface area (Å²) in [6, 6.07) is 7.95. The Morgan fingerprint density at radius 3 is 3.00 bits per heavy atom. The molecule has 2 aromatic rings. The van der Waals surface area contributed by atoms with E-state index >= 15 is 0 Å². The molecule has 5 nitrogen and oxygen atoms in total. The van der Waals surface area contributed by atoms with Crippen molar-refractivity contribution in [2.24, 2.45) is 0 Å². The molecule has 0 aliphatic rings. The third-order valence-corrected chi connectivity index (χ3v) is 3.45. The summed E-state index contributed by atoms with van der Waals surface area (Å²) in [5.74, 6) is 0.851. The second-order valence-electron chi connectivity index (χ2n) is 3.86. The molecular formula is C12H16N4OS. The minimum absolute atomic E-state index is 0.708. The lowest BCUT2D eigenvalue weighted by atomic mass is 10.2. The molecule has 0 bridgehead atoms. The molecule has 0 saturated carbocycles. The van der Waals surface area contributed by atoms with Gasteiger partial charge in [0.2, 0.25) is 0 Å². The predicted octanol–water partition coefficient (Wildman–Crippen LogP) is 2.22. The van der Waals surface area contributed by atoms with Crippen LogP contribution in [-0.2, 0) is 6.54 Å². The van der Waals surface area contributed by atoms with E-state index in [1.807, 2.05) is 38.4 Å². The average Bonchev–Trinajstić information content (AvgIpc) is 2.86. The molecule has 18 heavy (non-hydrogen) atoms. The Balaban J connectivity index is 2.13. The van der Waals surface area contributed by atoms with Crippen molar-refractivity contribution in [1.82, 2.24) is 9.59 Å². The van der Waals surface area contributed by atoms with E-state index < -0.39 is 0 Å². The van der Waals surface area contributed by atoms with Crippen molar-refractivity contribution in [2.75, 3.05) is 31.4 Å². The van der Waals surface area contributed by atoms with Gasteiger partial charge in [-0.3, -0.25) is 0 Å². The van der Waals surface area contributed by atoms with Crippen LogP contribution in [0.4, 0.5) is 10.7 Å². The fourth-order valence-corrected chi connectivity index (χ4v) is 2.19. The number of ether oxygens (including phenoxy) is 1. The highest BCUT2D eigenvalue weighted by Crippen LogP contribution is 2.24. The summed E-state index contributed by atoms with van der Waals surface area (Å²) in [5.41, 5.74) is 2.04. The zero-order valence-electron chi connectivity index (χ0n) is 10.7. The Morgan fingerprint density at radius 2 is 2.28 bits per heavy atom. The Morgan fingerprint density at radius 1 is 1.44 bits per heavy atom. The standard InChI is InChI=1S/C12H16N4OS/c1-13-12-11(14-15-18-12)8-16(2)9-5-4-6-10(7-9)17-3/h4-7,13H,8H2,1-3H3. The lowest BCUT2D eigenvalue weighted by Crippen LogP contribution is -2.17. The van der Waals surface area contributed by atoms with Gasteiger partial charge < -0.3 is 15.0 Å². The fraction of sp³-hybridized carbons (Fsp3) is 0.333. The van der Waals surface area contributed by atoms with Gasteiger partial charge in [0.25, 0.3) is 0 Å². The number of hydrogen-bond donors (Lipinski definition) is 1. The summed E-state index contributed by atoms with van der Waals surface area (Å²) in [4.78, 5) is 2.11. The van der Waals surface area contributed by atoms with E-state index in [9.17, 15) is 0 Å². The monoisotopic (exact) mass is 264 g/mol. The first-order valence-electron chi connectivity index (χ1n) is 5.58. The van der Waals surface area contributed by atoms with Crippen molar-refractivity contribution in [3.8, 4) is 5.75 Å². The highest BCUT2D eigenvalue weighted by molar-refractivity contribution is 7.10. The first-order chi connectivity index (χ1) is 8.74. The van der Waals surface area contributed by atoms with Gasteiger partial charge in [-0.05, 0) is 12.1 Å². The van der Waals surface area contributed by atoms with Gasteiger partial charge in [0.15, 0.2) is 0 Å². The minimum atomic E-state index is 0.708. The van der Waals surface area contributed by atoms with Gasteiger partial charge in [-0.1, -0.05) is 10.6 Å². The van der Waals surface area contributed by atoms with E-state index in [0.29, 0.717) is 6.54 Å². The van der Waals surface area contributed by atoms with E-state index in [1.165, 1.54) is 11.5 Å². The van der Waals surface area contributed by atoms with Crippen LogP contribution < -0.4 is 15.0 Å². The Kier molecular flexibility index (Phi) is 3.99. The first kappa shape index (κ1) is 12.6. The summed E-state index contributed by atoms with van der Waals surface area (Å²) in [6.45, 7) is 0.708. The number of hydrogen-bond acceptors (Lipinski definition) is 6. The minimum Gasteiger partial charge on any atom is -0.497 e. The fourth-order valence-electron chi connectivity index (χ4n) is 1.67. The number of rotatable bonds is 5. The number of benzene rings is 1. The molecule has 2 rings (SSSR count). The molecule has 0 radical (unpaired) electrons. The quantitative estimate of drug-likeness (QED) is 0.897. The van der Waals surface area contributed by atoms with Gasteiger partial charge >= 0.3 is 0 Å². The Labute approximate surface area is 111 Å². The normalized spacial score (nSPS) is 10.2. The molecule has 1 N–H and O–H groups in total. The van der Waals surface area contributed by atoms with E-state index in [2.05, 4.69) is 19.8 Å². The van der Waals surface area contributed by atoms with Gasteiger partial charge in [0.1, 0.15) is 16.4 Å². The van der Waals surface area contributed by atoms with Crippen LogP contribution in [-0.4, -0.2) is 30.8 Å². The van der Waals surface area contributed by atoms with E-state index in [-0.39, 0.29) is 0 Å². The second-order valence-corrected chi connectivity index (χ2v) is 4.61. The second kappa shape index (κ2) is 5.68. The summed E-state index contributed by atoms with van der Waals surface area (Å²) >= 11 is 1.37. The van der Waals surface area contributed by atoms with Crippen LogP contribution in [0.5, 0.6) is 5.75 Å². The van der Waals surface area contributed by atoms with E-state index in [4.69, 9.17) is 4.74 Å². The molecule has 0 spiro atoms. The molecule has 0 aliphatic carbocycles. The highest BCUT2D eigenvalue weighted by atomic mass is 32.1. The average molecular weight is 264 g/mol. The highest BCUT2D eigenvalue weighted by Gasteiger charge is 2.10. The number of aromatic nitrogens is 2. The van der Waals surface area contributed by atoms with Gasteiger partial charge in [-0.15, -0.1) is 5.10 Å². The molecule has 0 amide bonds. The molecule has 1 heterocycles. The smallest absolute Gasteiger partial charge is 0.134 e. The van der Waals surface area contributed by atoms with Gasteiger partial charge in [0.05, 0.1) is 13.7 Å². The Bertz CT molecular complexity index is 514. The zero-order valence-corrected chi connectivity index (χ0v) is 11.5. The Hall–Kier alpha value is -1.82. The lowest BCUT2D eigenvalue weighted by molar-refractivity contribution is 0.415. The van der Waals surface area contributed by atoms with Crippen molar-refractivity contribution < 1.29 is 4.74 Å². The molecule has 1 aromatic carbocycles. The lowest BCUT2D eigenvalue weighted by Gasteiger charge is -2.19. The molecule has 1 aromatic heterocycles. The summed E-state index contributed by atoms with van der Waals surface area (Å²) in [6.07, 6.45) is 0. The van der Waals surface area contributed by atoms with Crippen LogP contribution in [0.1, 0.15) is 5.69 Å². The van der Waals surface area contributed by atoms with Gasteiger partial charge in [0, 0.05) is 37.4 Å². The van der Waals surface area contributed by atoms with E-state index in [1.54, 1.807) is 7.11 Å². The molecule has 0 unspecified atom stereocenters. The van der Waals surface area contributed by atoms with Crippen molar-refractivity contribution >= 4 is 22.2 Å². The zero-order chi connectivity index (χ0) is 13.0. The summed E-state index contributed by atoms with van der Waals surface area (Å²) < 4.78 is 9.17. The largest absolute Gasteiger partial charge is 0.497 e. The first-order valence-corrected chi connectivity index (χ1v) is 6.36. The molecule has 96 valence electrons. The maximum absolute atomic E-state index is 5.22. The third-order valence-electron chi connectivity index (χ3n) is 2.66. The van der Waals surface area contributed by atoms with Crippen LogP contribution in [0, 0.1) is 0 Å². The van der Waals surface area contributed by atoms with Crippen LogP contribution in [0.3, 0.4) is 0 Å². The number of nitrogens with one attached hydrogen (secondary N) is 1. The van der Waals surface area contributed by atoms with Crippen LogP contribution in [0.15, 0.2) is 24.3 Å². The molecule has 6 heteroatoms. The van der Waals surface area contributed by atoms with Crippen molar-refractivity contribution in [2.45, 2.75) is 6.54 Å². The molecule has 0 atom stereocenters. The SMILES string of the molecule is CNc1snnc1CN(C)c1cccc(OC)c1. The van der Waals surface area contributed by atoms with Crippen LogP contribution in [0.25, 0.3) is 0 Å². The maximum atomic E-state index is 5.22. The van der Waals surface area contributed by atoms with Gasteiger partial charge in [-0.2, -0.15) is 0 Å². The van der Waals surface area contributed by atoms with Crippen LogP contribution >= 0.6 is 11.5 Å².